The summed E-state index contributed by atoms with van der Waals surface area (Å²) >= 11 is 1.40. The molecule has 1 aromatic carbocycles. The zero-order chi connectivity index (χ0) is 16.8. The molecule has 0 amide bonds. The fourth-order valence-corrected chi connectivity index (χ4v) is 3.36. The molecule has 0 aliphatic heterocycles. The molecule has 2 heterocycles. The summed E-state index contributed by atoms with van der Waals surface area (Å²) < 4.78 is 39.1. The highest BCUT2D eigenvalue weighted by atomic mass is 32.1. The third-order valence-corrected chi connectivity index (χ3v) is 4.44. The van der Waals surface area contributed by atoms with Gasteiger partial charge in [0.15, 0.2) is 0 Å². The van der Waals surface area contributed by atoms with Crippen molar-refractivity contribution < 1.29 is 13.2 Å². The van der Waals surface area contributed by atoms with Gasteiger partial charge >= 0.3 is 6.18 Å². The molecular formula is C16H10F3N3S. The zero-order valence-corrected chi connectivity index (χ0v) is 13.0. The second kappa shape index (κ2) is 5.32. The van der Waals surface area contributed by atoms with Gasteiger partial charge in [-0.2, -0.15) is 18.4 Å². The van der Waals surface area contributed by atoms with E-state index in [4.69, 9.17) is 5.26 Å². The number of thiazole rings is 1. The maximum absolute atomic E-state index is 12.8. The molecular weight excluding hydrogens is 323 g/mol. The summed E-state index contributed by atoms with van der Waals surface area (Å²) in [6.07, 6.45) is -3.59. The Balaban J connectivity index is 2.24. The van der Waals surface area contributed by atoms with E-state index in [-0.39, 0.29) is 0 Å². The van der Waals surface area contributed by atoms with Gasteiger partial charge in [0.2, 0.25) is 0 Å². The summed E-state index contributed by atoms with van der Waals surface area (Å²) in [6.45, 7) is 3.41. The highest BCUT2D eigenvalue weighted by Crippen LogP contribution is 2.37. The van der Waals surface area contributed by atoms with Crippen molar-refractivity contribution in [3.8, 4) is 17.3 Å². The Kier molecular flexibility index (Phi) is 3.57. The number of nitriles is 1. The molecule has 23 heavy (non-hydrogen) atoms. The predicted octanol–water partition coefficient (Wildman–Crippen LogP) is 4.87. The molecule has 3 rings (SSSR count). The molecule has 0 spiro atoms. The van der Waals surface area contributed by atoms with Crippen molar-refractivity contribution in [1.29, 1.82) is 5.26 Å². The molecule has 116 valence electrons. The Morgan fingerprint density at radius 2 is 1.96 bits per heavy atom. The van der Waals surface area contributed by atoms with E-state index in [2.05, 4.69) is 16.0 Å². The minimum atomic E-state index is -4.42. The van der Waals surface area contributed by atoms with Crippen molar-refractivity contribution in [1.82, 2.24) is 9.97 Å². The smallest absolute Gasteiger partial charge is 0.255 e. The molecule has 3 nitrogen and oxygen atoms in total. The first kappa shape index (κ1) is 15.4. The minimum absolute atomic E-state index is 0.428. The lowest BCUT2D eigenvalue weighted by molar-refractivity contribution is -0.137. The molecule has 0 bridgehead atoms. The number of rotatable bonds is 1. The molecule has 0 atom stereocenters. The van der Waals surface area contributed by atoms with Crippen molar-refractivity contribution in [2.75, 3.05) is 0 Å². The van der Waals surface area contributed by atoms with Gasteiger partial charge in [0, 0.05) is 11.8 Å². The third kappa shape index (κ3) is 2.66. The van der Waals surface area contributed by atoms with Crippen LogP contribution >= 0.6 is 11.3 Å². The van der Waals surface area contributed by atoms with Gasteiger partial charge in [-0.25, -0.2) is 4.98 Å². The SMILES string of the molecule is Cc1nc2c(C#N)ccc(-c3ncc(C(F)(F)F)cc3C)c2s1. The van der Waals surface area contributed by atoms with Crippen molar-refractivity contribution >= 4 is 21.6 Å². The lowest BCUT2D eigenvalue weighted by atomic mass is 10.0. The van der Waals surface area contributed by atoms with Crippen LogP contribution in [-0.4, -0.2) is 9.97 Å². The Morgan fingerprint density at radius 1 is 1.22 bits per heavy atom. The van der Waals surface area contributed by atoms with Gasteiger partial charge in [-0.3, -0.25) is 4.98 Å². The number of alkyl halides is 3. The predicted molar refractivity (Wildman–Crippen MR) is 82.0 cm³/mol. The Morgan fingerprint density at radius 3 is 2.57 bits per heavy atom. The van der Waals surface area contributed by atoms with Gasteiger partial charge in [0.1, 0.15) is 6.07 Å². The number of fused-ring (bicyclic) bond motifs is 1. The molecule has 0 aliphatic rings. The summed E-state index contributed by atoms with van der Waals surface area (Å²) in [5.41, 5.74) is 1.82. The maximum Gasteiger partial charge on any atom is 0.417 e. The monoisotopic (exact) mass is 333 g/mol. The van der Waals surface area contributed by atoms with Crippen LogP contribution in [0.4, 0.5) is 13.2 Å². The third-order valence-electron chi connectivity index (χ3n) is 3.43. The summed E-state index contributed by atoms with van der Waals surface area (Å²) in [4.78, 5) is 8.35. The van der Waals surface area contributed by atoms with Gasteiger partial charge in [-0.15, -0.1) is 11.3 Å². The molecule has 0 saturated carbocycles. The normalized spacial score (nSPS) is 11.7. The molecule has 0 radical (unpaired) electrons. The number of nitrogens with zero attached hydrogens (tertiary/aromatic N) is 3. The van der Waals surface area contributed by atoms with Gasteiger partial charge in [0.25, 0.3) is 0 Å². The van der Waals surface area contributed by atoms with E-state index in [1.54, 1.807) is 19.1 Å². The number of aryl methyl sites for hydroxylation is 2. The van der Waals surface area contributed by atoms with E-state index < -0.39 is 11.7 Å². The van der Waals surface area contributed by atoms with Crippen LogP contribution in [0.1, 0.15) is 21.7 Å². The molecule has 0 aliphatic carbocycles. The average molecular weight is 333 g/mol. The van der Waals surface area contributed by atoms with Crippen molar-refractivity contribution in [2.45, 2.75) is 20.0 Å². The molecule has 7 heteroatoms. The van der Waals surface area contributed by atoms with E-state index in [1.165, 1.54) is 11.3 Å². The first-order valence-electron chi connectivity index (χ1n) is 6.65. The van der Waals surface area contributed by atoms with Crippen LogP contribution in [0.25, 0.3) is 21.5 Å². The van der Waals surface area contributed by atoms with Crippen LogP contribution < -0.4 is 0 Å². The number of halogens is 3. The van der Waals surface area contributed by atoms with E-state index in [9.17, 15) is 13.2 Å². The van der Waals surface area contributed by atoms with E-state index in [0.717, 1.165) is 22.0 Å². The Labute approximate surface area is 134 Å². The van der Waals surface area contributed by atoms with Crippen LogP contribution in [0.2, 0.25) is 0 Å². The fourth-order valence-electron chi connectivity index (χ4n) is 2.40. The van der Waals surface area contributed by atoms with Crippen LogP contribution in [0, 0.1) is 25.2 Å². The number of hydrogen-bond donors (Lipinski definition) is 0. The summed E-state index contributed by atoms with van der Waals surface area (Å²) in [5, 5.41) is 9.95. The summed E-state index contributed by atoms with van der Waals surface area (Å²) in [6, 6.07) is 6.49. The van der Waals surface area contributed by atoms with Crippen LogP contribution in [-0.2, 0) is 6.18 Å². The van der Waals surface area contributed by atoms with Crippen molar-refractivity contribution in [2.24, 2.45) is 0 Å². The number of hydrogen-bond acceptors (Lipinski definition) is 4. The van der Waals surface area contributed by atoms with Crippen LogP contribution in [0.3, 0.4) is 0 Å². The van der Waals surface area contributed by atoms with Crippen molar-refractivity contribution in [3.63, 3.8) is 0 Å². The van der Waals surface area contributed by atoms with Gasteiger partial charge in [0.05, 0.1) is 32.0 Å². The lowest BCUT2D eigenvalue weighted by Crippen LogP contribution is -2.06. The summed E-state index contributed by atoms with van der Waals surface area (Å²) in [7, 11) is 0. The highest BCUT2D eigenvalue weighted by Gasteiger charge is 2.31. The number of pyridine rings is 1. The van der Waals surface area contributed by atoms with E-state index in [1.807, 2.05) is 6.92 Å². The molecule has 0 unspecified atom stereocenters. The van der Waals surface area contributed by atoms with E-state index in [0.29, 0.717) is 27.9 Å². The van der Waals surface area contributed by atoms with Gasteiger partial charge in [-0.05, 0) is 37.6 Å². The molecule has 0 saturated heterocycles. The fraction of sp³-hybridized carbons (Fsp3) is 0.188. The molecule has 0 N–H and O–H groups in total. The Hall–Kier alpha value is -2.46. The number of aromatic nitrogens is 2. The second-order valence-electron chi connectivity index (χ2n) is 5.07. The molecule has 3 aromatic rings. The maximum atomic E-state index is 12.8. The summed E-state index contributed by atoms with van der Waals surface area (Å²) in [5.74, 6) is 0. The topological polar surface area (TPSA) is 49.6 Å². The second-order valence-corrected chi connectivity index (χ2v) is 6.27. The van der Waals surface area contributed by atoms with Crippen molar-refractivity contribution in [3.05, 3.63) is 46.1 Å². The first-order valence-corrected chi connectivity index (χ1v) is 7.47. The molecule has 0 fully saturated rings. The number of benzene rings is 1. The quantitative estimate of drug-likeness (QED) is 0.638. The zero-order valence-electron chi connectivity index (χ0n) is 12.2. The molecule has 2 aromatic heterocycles. The Bertz CT molecular complexity index is 952. The average Bonchev–Trinajstić information content (AvgIpc) is 2.87. The van der Waals surface area contributed by atoms with Gasteiger partial charge in [-0.1, -0.05) is 0 Å². The largest absolute Gasteiger partial charge is 0.417 e. The van der Waals surface area contributed by atoms with Gasteiger partial charge < -0.3 is 0 Å². The van der Waals surface area contributed by atoms with Crippen LogP contribution in [0.15, 0.2) is 24.4 Å². The minimum Gasteiger partial charge on any atom is -0.255 e. The van der Waals surface area contributed by atoms with Crippen LogP contribution in [0.5, 0.6) is 0 Å². The lowest BCUT2D eigenvalue weighted by Gasteiger charge is -2.11. The first-order chi connectivity index (χ1) is 10.8. The standard InChI is InChI=1S/C16H10F3N3S/c1-8-5-11(16(17,18)19)7-21-13(8)12-4-3-10(6-20)14-15(12)23-9(2)22-14/h3-5,7H,1-2H3. The highest BCUT2D eigenvalue weighted by molar-refractivity contribution is 7.19. The van der Waals surface area contributed by atoms with E-state index >= 15 is 0 Å².